The molecule has 2 N–H and O–H groups in total. The highest BCUT2D eigenvalue weighted by molar-refractivity contribution is 6.31. The summed E-state index contributed by atoms with van der Waals surface area (Å²) < 4.78 is 0. The Hall–Kier alpha value is -1.10. The maximum absolute atomic E-state index is 11.7. The third-order valence-corrected chi connectivity index (χ3v) is 2.73. The standard InChI is InChI=1S/C13H20ClN3O/c1-10-4-5-11(14)8-12(10)16-13(18)9-15-6-7-17(2)3/h4-5,8,15H,6-7,9H2,1-3H3,(H,16,18). The second kappa shape index (κ2) is 7.36. The first-order chi connectivity index (χ1) is 8.49. The molecule has 0 saturated carbocycles. The molecule has 1 aromatic rings. The summed E-state index contributed by atoms with van der Waals surface area (Å²) in [5, 5.41) is 6.55. The first kappa shape index (κ1) is 15.0. The van der Waals surface area contributed by atoms with Crippen LogP contribution in [0, 0.1) is 6.92 Å². The Morgan fingerprint density at radius 2 is 2.11 bits per heavy atom. The number of benzene rings is 1. The molecule has 0 bridgehead atoms. The van der Waals surface area contributed by atoms with Crippen molar-refractivity contribution in [2.75, 3.05) is 39.0 Å². The number of aryl methyl sites for hydroxylation is 1. The van der Waals surface area contributed by atoms with E-state index in [1.54, 1.807) is 6.07 Å². The van der Waals surface area contributed by atoms with E-state index in [0.717, 1.165) is 24.3 Å². The Morgan fingerprint density at radius 3 is 2.78 bits per heavy atom. The number of nitrogens with zero attached hydrogens (tertiary/aromatic N) is 1. The molecular weight excluding hydrogens is 250 g/mol. The highest BCUT2D eigenvalue weighted by atomic mass is 35.5. The van der Waals surface area contributed by atoms with Gasteiger partial charge in [-0.2, -0.15) is 0 Å². The van der Waals surface area contributed by atoms with Crippen molar-refractivity contribution < 1.29 is 4.79 Å². The number of amides is 1. The smallest absolute Gasteiger partial charge is 0.238 e. The molecular formula is C13H20ClN3O. The zero-order chi connectivity index (χ0) is 13.5. The number of carbonyl (C=O) groups is 1. The van der Waals surface area contributed by atoms with Gasteiger partial charge in [0.2, 0.25) is 5.91 Å². The molecule has 1 amide bonds. The van der Waals surface area contributed by atoms with E-state index in [4.69, 9.17) is 11.6 Å². The van der Waals surface area contributed by atoms with Crippen LogP contribution in [-0.2, 0) is 4.79 Å². The lowest BCUT2D eigenvalue weighted by molar-refractivity contribution is -0.115. The van der Waals surface area contributed by atoms with E-state index in [-0.39, 0.29) is 5.91 Å². The Balaban J connectivity index is 2.38. The Kier molecular flexibility index (Phi) is 6.12. The second-order valence-electron chi connectivity index (χ2n) is 4.49. The molecule has 1 aromatic carbocycles. The summed E-state index contributed by atoms with van der Waals surface area (Å²) in [5.74, 6) is -0.0564. The van der Waals surface area contributed by atoms with Gasteiger partial charge in [-0.25, -0.2) is 0 Å². The lowest BCUT2D eigenvalue weighted by Crippen LogP contribution is -2.33. The molecule has 100 valence electrons. The number of carbonyl (C=O) groups excluding carboxylic acids is 1. The summed E-state index contributed by atoms with van der Waals surface area (Å²) in [4.78, 5) is 13.8. The minimum absolute atomic E-state index is 0.0564. The van der Waals surface area contributed by atoms with Crippen molar-refractivity contribution in [2.45, 2.75) is 6.92 Å². The number of anilines is 1. The maximum atomic E-state index is 11.7. The van der Waals surface area contributed by atoms with Gasteiger partial charge in [-0.3, -0.25) is 4.79 Å². The fourth-order valence-electron chi connectivity index (χ4n) is 1.43. The molecule has 1 rings (SSSR count). The van der Waals surface area contributed by atoms with E-state index in [1.807, 2.05) is 33.2 Å². The Morgan fingerprint density at radius 1 is 1.39 bits per heavy atom. The van der Waals surface area contributed by atoms with Crippen LogP contribution < -0.4 is 10.6 Å². The van der Waals surface area contributed by atoms with Crippen molar-refractivity contribution in [3.63, 3.8) is 0 Å². The van der Waals surface area contributed by atoms with Crippen LogP contribution in [0.5, 0.6) is 0 Å². The van der Waals surface area contributed by atoms with Gasteiger partial charge in [0.05, 0.1) is 6.54 Å². The molecule has 0 atom stereocenters. The monoisotopic (exact) mass is 269 g/mol. The fourth-order valence-corrected chi connectivity index (χ4v) is 1.60. The van der Waals surface area contributed by atoms with Crippen molar-refractivity contribution in [1.29, 1.82) is 0 Å². The lowest BCUT2D eigenvalue weighted by atomic mass is 10.2. The van der Waals surface area contributed by atoms with Gasteiger partial charge in [-0.05, 0) is 38.7 Å². The zero-order valence-corrected chi connectivity index (χ0v) is 11.8. The third kappa shape index (κ3) is 5.49. The largest absolute Gasteiger partial charge is 0.325 e. The summed E-state index contributed by atoms with van der Waals surface area (Å²) in [6.45, 7) is 3.93. The number of nitrogens with one attached hydrogen (secondary N) is 2. The molecule has 0 fully saturated rings. The van der Waals surface area contributed by atoms with Crippen LogP contribution in [0.4, 0.5) is 5.69 Å². The Labute approximate surface area is 113 Å². The van der Waals surface area contributed by atoms with Gasteiger partial charge in [0.15, 0.2) is 0 Å². The number of likely N-dealkylation sites (N-methyl/N-ethyl adjacent to an activating group) is 1. The third-order valence-electron chi connectivity index (χ3n) is 2.50. The summed E-state index contributed by atoms with van der Waals surface area (Å²) >= 11 is 5.89. The van der Waals surface area contributed by atoms with E-state index < -0.39 is 0 Å². The SMILES string of the molecule is Cc1ccc(Cl)cc1NC(=O)CNCCN(C)C. The first-order valence-electron chi connectivity index (χ1n) is 5.90. The number of halogens is 1. The molecule has 0 unspecified atom stereocenters. The zero-order valence-electron chi connectivity index (χ0n) is 11.1. The van der Waals surface area contributed by atoms with Crippen molar-refractivity contribution in [2.24, 2.45) is 0 Å². The van der Waals surface area contributed by atoms with Crippen LogP contribution in [0.1, 0.15) is 5.56 Å². The van der Waals surface area contributed by atoms with Crippen molar-refractivity contribution in [1.82, 2.24) is 10.2 Å². The van der Waals surface area contributed by atoms with Crippen molar-refractivity contribution in [3.05, 3.63) is 28.8 Å². The summed E-state index contributed by atoms with van der Waals surface area (Å²) in [6.07, 6.45) is 0. The van der Waals surface area contributed by atoms with Crippen molar-refractivity contribution in [3.8, 4) is 0 Å². The van der Waals surface area contributed by atoms with Crippen molar-refractivity contribution >= 4 is 23.2 Å². The van der Waals surface area contributed by atoms with Gasteiger partial charge in [-0.1, -0.05) is 17.7 Å². The average Bonchev–Trinajstić information content (AvgIpc) is 2.29. The predicted molar refractivity (Wildman–Crippen MR) is 76.2 cm³/mol. The van der Waals surface area contributed by atoms with Gasteiger partial charge in [0, 0.05) is 23.8 Å². The molecule has 0 heterocycles. The molecule has 18 heavy (non-hydrogen) atoms. The summed E-state index contributed by atoms with van der Waals surface area (Å²) in [6, 6.07) is 5.45. The molecule has 5 heteroatoms. The lowest BCUT2D eigenvalue weighted by Gasteiger charge is -2.11. The van der Waals surface area contributed by atoms with Gasteiger partial charge in [0.25, 0.3) is 0 Å². The molecule has 0 aliphatic rings. The van der Waals surface area contributed by atoms with Gasteiger partial charge in [0.1, 0.15) is 0 Å². The predicted octanol–water partition coefficient (Wildman–Crippen LogP) is 1.74. The highest BCUT2D eigenvalue weighted by Gasteiger charge is 2.04. The Bertz CT molecular complexity index is 407. The molecule has 4 nitrogen and oxygen atoms in total. The van der Waals surface area contributed by atoms with E-state index in [9.17, 15) is 4.79 Å². The summed E-state index contributed by atoms with van der Waals surface area (Å²) in [7, 11) is 3.99. The number of rotatable bonds is 6. The summed E-state index contributed by atoms with van der Waals surface area (Å²) in [5.41, 5.74) is 1.77. The van der Waals surface area contributed by atoms with Crippen LogP contribution in [0.3, 0.4) is 0 Å². The number of hydrogen-bond donors (Lipinski definition) is 2. The van der Waals surface area contributed by atoms with Crippen LogP contribution >= 0.6 is 11.6 Å². The highest BCUT2D eigenvalue weighted by Crippen LogP contribution is 2.19. The van der Waals surface area contributed by atoms with Crippen LogP contribution in [-0.4, -0.2) is 44.5 Å². The minimum Gasteiger partial charge on any atom is -0.325 e. The maximum Gasteiger partial charge on any atom is 0.238 e. The quantitative estimate of drug-likeness (QED) is 0.774. The molecule has 0 saturated heterocycles. The van der Waals surface area contributed by atoms with E-state index >= 15 is 0 Å². The average molecular weight is 270 g/mol. The van der Waals surface area contributed by atoms with E-state index in [0.29, 0.717) is 11.6 Å². The minimum atomic E-state index is -0.0564. The first-order valence-corrected chi connectivity index (χ1v) is 6.28. The van der Waals surface area contributed by atoms with Gasteiger partial charge < -0.3 is 15.5 Å². The molecule has 0 radical (unpaired) electrons. The van der Waals surface area contributed by atoms with Crippen LogP contribution in [0.2, 0.25) is 5.02 Å². The van der Waals surface area contributed by atoms with Gasteiger partial charge >= 0.3 is 0 Å². The molecule has 0 aromatic heterocycles. The van der Waals surface area contributed by atoms with E-state index in [2.05, 4.69) is 15.5 Å². The normalized spacial score (nSPS) is 10.7. The molecule has 0 spiro atoms. The van der Waals surface area contributed by atoms with Gasteiger partial charge in [-0.15, -0.1) is 0 Å². The second-order valence-corrected chi connectivity index (χ2v) is 4.92. The van der Waals surface area contributed by atoms with E-state index in [1.165, 1.54) is 0 Å². The van der Waals surface area contributed by atoms with Crippen LogP contribution in [0.15, 0.2) is 18.2 Å². The topological polar surface area (TPSA) is 44.4 Å². The molecule has 0 aliphatic heterocycles. The fraction of sp³-hybridized carbons (Fsp3) is 0.462. The molecule has 0 aliphatic carbocycles. The van der Waals surface area contributed by atoms with Crippen LogP contribution in [0.25, 0.3) is 0 Å². The number of hydrogen-bond acceptors (Lipinski definition) is 3.